The normalized spacial score (nSPS) is 45.8. The van der Waals surface area contributed by atoms with Crippen molar-refractivity contribution < 1.29 is 14.7 Å². The topological polar surface area (TPSA) is 57.6 Å². The van der Waals surface area contributed by atoms with Crippen LogP contribution in [-0.2, 0) is 9.59 Å². The van der Waals surface area contributed by atoms with E-state index in [-0.39, 0.29) is 16.7 Å². The summed E-state index contributed by atoms with van der Waals surface area (Å²) in [5.74, 6) is 3.80. The Morgan fingerprint density at radius 1 is 0.970 bits per heavy atom. The third-order valence-corrected chi connectivity index (χ3v) is 11.7. The zero-order valence-electron chi connectivity index (χ0n) is 21.4. The van der Waals surface area contributed by atoms with Crippen LogP contribution in [0, 0.1) is 40.4 Å². The zero-order chi connectivity index (χ0) is 23.4. The number of carbonyl (C=O) groups excluding carboxylic acids is 2. The molecule has 1 unspecified atom stereocenters. The number of carbonyl (C=O) groups is 2. The first-order valence-corrected chi connectivity index (χ1v) is 14.2. The van der Waals surface area contributed by atoms with Crippen LogP contribution in [0.2, 0.25) is 0 Å². The van der Waals surface area contributed by atoms with Crippen LogP contribution in [0.25, 0.3) is 0 Å². The molecule has 5 fully saturated rings. The molecule has 0 radical (unpaired) electrons. The minimum absolute atomic E-state index is 0.0547. The van der Waals surface area contributed by atoms with Crippen molar-refractivity contribution >= 4 is 11.7 Å². The fourth-order valence-electron chi connectivity index (χ4n) is 9.58. The molecule has 1 amide bonds. The van der Waals surface area contributed by atoms with Gasteiger partial charge >= 0.3 is 0 Å². The van der Waals surface area contributed by atoms with Gasteiger partial charge in [-0.2, -0.15) is 0 Å². The van der Waals surface area contributed by atoms with Gasteiger partial charge < -0.3 is 10.0 Å². The molecule has 5 aliphatic rings. The predicted octanol–water partition coefficient (Wildman–Crippen LogP) is 5.76. The second-order valence-electron chi connectivity index (χ2n) is 13.4. The summed E-state index contributed by atoms with van der Waals surface area (Å²) in [5.41, 5.74) is -0.503. The Hall–Kier alpha value is -0.900. The largest absolute Gasteiger partial charge is 0.388 e. The molecular weight excluding hydrogens is 410 g/mol. The quantitative estimate of drug-likeness (QED) is 0.584. The number of rotatable bonds is 4. The average molecular weight is 458 g/mol. The molecule has 0 aliphatic heterocycles. The summed E-state index contributed by atoms with van der Waals surface area (Å²) in [6, 6.07) is 0. The molecule has 5 aliphatic carbocycles. The van der Waals surface area contributed by atoms with E-state index in [1.54, 1.807) is 6.92 Å². The zero-order valence-corrected chi connectivity index (χ0v) is 21.4. The number of nitrogens with zero attached hydrogens (tertiary/aromatic N) is 1. The lowest BCUT2D eigenvalue weighted by molar-refractivity contribution is -0.161. The van der Waals surface area contributed by atoms with E-state index in [1.165, 1.54) is 51.4 Å². The Labute approximate surface area is 201 Å². The first-order valence-electron chi connectivity index (χ1n) is 14.2. The summed E-state index contributed by atoms with van der Waals surface area (Å²) in [6.45, 7) is 7.82. The van der Waals surface area contributed by atoms with Gasteiger partial charge in [-0.05, 0) is 99.2 Å². The summed E-state index contributed by atoms with van der Waals surface area (Å²) in [7, 11) is 0. The van der Waals surface area contributed by atoms with E-state index in [0.717, 1.165) is 45.1 Å². The van der Waals surface area contributed by atoms with Gasteiger partial charge in [0.15, 0.2) is 0 Å². The summed E-state index contributed by atoms with van der Waals surface area (Å²) < 4.78 is 0. The van der Waals surface area contributed by atoms with E-state index < -0.39 is 5.60 Å². The fraction of sp³-hybridized carbons (Fsp3) is 0.931. The smallest absolute Gasteiger partial charge is 0.219 e. The molecule has 7 atom stereocenters. The Balaban J connectivity index is 1.27. The summed E-state index contributed by atoms with van der Waals surface area (Å²) in [4.78, 5) is 27.2. The highest BCUT2D eigenvalue weighted by atomic mass is 16.3. The number of Topliss-reactive ketones (excluding diaryl/α,β-unsaturated/α-hetero) is 1. The van der Waals surface area contributed by atoms with Crippen LogP contribution in [0.3, 0.4) is 0 Å². The number of aliphatic hydroxyl groups is 1. The molecule has 5 saturated carbocycles. The van der Waals surface area contributed by atoms with E-state index in [0.29, 0.717) is 41.9 Å². The highest BCUT2D eigenvalue weighted by Gasteiger charge is 2.61. The van der Waals surface area contributed by atoms with Crippen molar-refractivity contribution in [2.24, 2.45) is 40.4 Å². The van der Waals surface area contributed by atoms with Gasteiger partial charge in [-0.1, -0.05) is 33.1 Å². The molecule has 5 rings (SSSR count). The van der Waals surface area contributed by atoms with E-state index in [9.17, 15) is 14.7 Å². The van der Waals surface area contributed by atoms with Gasteiger partial charge in [0.05, 0.1) is 5.60 Å². The van der Waals surface area contributed by atoms with Crippen molar-refractivity contribution in [3.8, 4) is 0 Å². The number of amides is 1. The summed E-state index contributed by atoms with van der Waals surface area (Å²) in [6.07, 6.45) is 15.7. The van der Waals surface area contributed by atoms with E-state index >= 15 is 0 Å². The number of hydrogen-bond donors (Lipinski definition) is 1. The van der Waals surface area contributed by atoms with Crippen LogP contribution in [0.4, 0.5) is 0 Å². The van der Waals surface area contributed by atoms with Gasteiger partial charge in [0, 0.05) is 31.8 Å². The minimum atomic E-state index is -0.732. The van der Waals surface area contributed by atoms with Crippen LogP contribution in [0.5, 0.6) is 0 Å². The van der Waals surface area contributed by atoms with E-state index in [2.05, 4.69) is 13.8 Å². The molecular formula is C29H47NO3. The highest BCUT2D eigenvalue weighted by Crippen LogP contribution is 2.66. The maximum atomic E-state index is 12.7. The van der Waals surface area contributed by atoms with Gasteiger partial charge in [-0.3, -0.25) is 9.59 Å². The lowest BCUT2D eigenvalue weighted by Crippen LogP contribution is -2.58. The van der Waals surface area contributed by atoms with Crippen molar-refractivity contribution in [2.45, 2.75) is 116 Å². The van der Waals surface area contributed by atoms with Gasteiger partial charge in [0.1, 0.15) is 5.78 Å². The fourth-order valence-corrected chi connectivity index (χ4v) is 9.58. The van der Waals surface area contributed by atoms with E-state index in [4.69, 9.17) is 0 Å². The first-order chi connectivity index (χ1) is 15.6. The van der Waals surface area contributed by atoms with Crippen molar-refractivity contribution in [1.82, 2.24) is 4.90 Å². The maximum absolute atomic E-state index is 12.7. The third kappa shape index (κ3) is 4.10. The third-order valence-electron chi connectivity index (χ3n) is 11.7. The number of ketones is 1. The standard InChI is InChI=1S/C29H47NO3/c1-20(31)30(18-21-7-5-4-6-8-21)19-29(33)16-15-27(2)22(17-29)9-10-23-24-11-12-26(32)28(24,3)14-13-25(23)27/h21-25,33H,4-19H2,1-3H3/t22?,23-,24-,25-,27-,28-,29+/m0/s1. The Kier molecular flexibility index (Phi) is 6.24. The molecule has 186 valence electrons. The van der Waals surface area contributed by atoms with Gasteiger partial charge in [0.2, 0.25) is 5.91 Å². The maximum Gasteiger partial charge on any atom is 0.219 e. The summed E-state index contributed by atoms with van der Waals surface area (Å²) in [5, 5.41) is 11.8. The molecule has 4 heteroatoms. The molecule has 0 bridgehead atoms. The van der Waals surface area contributed by atoms with Crippen LogP contribution in [0.15, 0.2) is 0 Å². The van der Waals surface area contributed by atoms with Crippen molar-refractivity contribution in [3.63, 3.8) is 0 Å². The lowest BCUT2D eigenvalue weighted by atomic mass is 9.44. The van der Waals surface area contributed by atoms with E-state index in [1.807, 2.05) is 4.90 Å². The predicted molar refractivity (Wildman–Crippen MR) is 131 cm³/mol. The monoisotopic (exact) mass is 457 g/mol. The second kappa shape index (κ2) is 8.64. The average Bonchev–Trinajstić information content (AvgIpc) is 3.09. The molecule has 4 nitrogen and oxygen atoms in total. The molecule has 0 aromatic heterocycles. The molecule has 0 heterocycles. The van der Waals surface area contributed by atoms with Crippen molar-refractivity contribution in [1.29, 1.82) is 0 Å². The van der Waals surface area contributed by atoms with Gasteiger partial charge in [0.25, 0.3) is 0 Å². The Morgan fingerprint density at radius 3 is 2.45 bits per heavy atom. The lowest BCUT2D eigenvalue weighted by Gasteiger charge is -2.61. The van der Waals surface area contributed by atoms with Crippen LogP contribution < -0.4 is 0 Å². The number of hydrogen-bond acceptors (Lipinski definition) is 3. The molecule has 0 aromatic rings. The van der Waals surface area contributed by atoms with Crippen LogP contribution >= 0.6 is 0 Å². The Bertz CT molecular complexity index is 775. The highest BCUT2D eigenvalue weighted by molar-refractivity contribution is 5.87. The van der Waals surface area contributed by atoms with Crippen molar-refractivity contribution in [2.75, 3.05) is 13.1 Å². The van der Waals surface area contributed by atoms with Gasteiger partial charge in [-0.15, -0.1) is 0 Å². The molecule has 1 N–H and O–H groups in total. The molecule has 0 saturated heterocycles. The summed E-state index contributed by atoms with van der Waals surface area (Å²) >= 11 is 0. The minimum Gasteiger partial charge on any atom is -0.388 e. The SMILES string of the molecule is CC(=O)N(CC1CCCCC1)C[C@@]1(O)CC[C@@]2(C)C(CC[C@@H]3[C@@H]2CC[C@]2(C)C(=O)CC[C@@H]32)C1. The molecule has 33 heavy (non-hydrogen) atoms. The number of fused-ring (bicyclic) bond motifs is 5. The van der Waals surface area contributed by atoms with Crippen LogP contribution in [0.1, 0.15) is 111 Å². The molecule has 0 spiro atoms. The van der Waals surface area contributed by atoms with Gasteiger partial charge in [-0.25, -0.2) is 0 Å². The Morgan fingerprint density at radius 2 is 1.73 bits per heavy atom. The van der Waals surface area contributed by atoms with Crippen molar-refractivity contribution in [3.05, 3.63) is 0 Å². The molecule has 0 aromatic carbocycles. The second-order valence-corrected chi connectivity index (χ2v) is 13.4. The van der Waals surface area contributed by atoms with Crippen LogP contribution in [-0.4, -0.2) is 40.4 Å². The first kappa shape index (κ1) is 23.8.